The van der Waals surface area contributed by atoms with Crippen LogP contribution in [0, 0.1) is 0 Å². The third-order valence-corrected chi connectivity index (χ3v) is 5.53. The van der Waals surface area contributed by atoms with Crippen LogP contribution in [-0.4, -0.2) is 37.9 Å². The Balaban J connectivity index is 1.74. The van der Waals surface area contributed by atoms with Gasteiger partial charge in [0.1, 0.15) is 0 Å². The molecule has 7 heteroatoms. The molecule has 0 amide bonds. The van der Waals surface area contributed by atoms with E-state index >= 15 is 0 Å². The Bertz CT molecular complexity index is 1050. The third kappa shape index (κ3) is 5.24. The van der Waals surface area contributed by atoms with E-state index in [9.17, 15) is 14.4 Å². The summed E-state index contributed by atoms with van der Waals surface area (Å²) in [6, 6.07) is 14.2. The smallest absolute Gasteiger partial charge is 0.306 e. The molecule has 0 bridgehead atoms. The minimum Gasteiger partial charge on any atom is -0.493 e. The first-order valence-corrected chi connectivity index (χ1v) is 10.3. The van der Waals surface area contributed by atoms with E-state index < -0.39 is 0 Å². The molecule has 156 valence electrons. The number of esters is 1. The Labute approximate surface area is 178 Å². The summed E-state index contributed by atoms with van der Waals surface area (Å²) in [5.41, 5.74) is 0.572. The zero-order valence-corrected chi connectivity index (χ0v) is 17.6. The van der Waals surface area contributed by atoms with Crippen molar-refractivity contribution >= 4 is 39.0 Å². The van der Waals surface area contributed by atoms with Crippen LogP contribution >= 0.6 is 11.3 Å². The third-order valence-electron chi connectivity index (χ3n) is 4.39. The van der Waals surface area contributed by atoms with Crippen molar-refractivity contribution < 1.29 is 28.6 Å². The van der Waals surface area contributed by atoms with Crippen LogP contribution in [0.25, 0.3) is 10.1 Å². The van der Waals surface area contributed by atoms with Crippen molar-refractivity contribution in [3.8, 4) is 11.5 Å². The van der Waals surface area contributed by atoms with Crippen LogP contribution < -0.4 is 9.47 Å². The molecule has 0 radical (unpaired) electrons. The first-order valence-electron chi connectivity index (χ1n) is 9.53. The Kier molecular flexibility index (Phi) is 7.19. The van der Waals surface area contributed by atoms with E-state index in [1.165, 1.54) is 18.4 Å². The Morgan fingerprint density at radius 1 is 0.933 bits per heavy atom. The molecule has 0 aliphatic rings. The molecule has 0 unspecified atom stereocenters. The summed E-state index contributed by atoms with van der Waals surface area (Å²) in [6.45, 7) is 1.90. The summed E-state index contributed by atoms with van der Waals surface area (Å²) in [7, 11) is 1.52. The van der Waals surface area contributed by atoms with Gasteiger partial charge in [-0.25, -0.2) is 0 Å². The van der Waals surface area contributed by atoms with Crippen LogP contribution in [0.3, 0.4) is 0 Å². The number of rotatable bonds is 10. The number of ether oxygens (including phenoxy) is 3. The first kappa shape index (κ1) is 21.5. The van der Waals surface area contributed by atoms with Crippen molar-refractivity contribution in [1.82, 2.24) is 0 Å². The van der Waals surface area contributed by atoms with Gasteiger partial charge in [0.25, 0.3) is 0 Å². The van der Waals surface area contributed by atoms with Gasteiger partial charge in [0.15, 0.2) is 29.7 Å². The van der Waals surface area contributed by atoms with Gasteiger partial charge in [-0.15, -0.1) is 11.3 Å². The van der Waals surface area contributed by atoms with Gasteiger partial charge in [-0.3, -0.25) is 14.4 Å². The van der Waals surface area contributed by atoms with Crippen LogP contribution in [0.4, 0.5) is 0 Å². The van der Waals surface area contributed by atoms with Crippen LogP contribution in [0.2, 0.25) is 0 Å². The highest BCUT2D eigenvalue weighted by Gasteiger charge is 2.16. The Hall–Kier alpha value is -3.19. The molecule has 3 rings (SSSR count). The van der Waals surface area contributed by atoms with Gasteiger partial charge in [0.05, 0.1) is 25.0 Å². The van der Waals surface area contributed by atoms with Crippen LogP contribution in [0.15, 0.2) is 48.5 Å². The molecule has 30 heavy (non-hydrogen) atoms. The molecular weight excluding hydrogens is 404 g/mol. The number of benzene rings is 2. The molecule has 2 aromatic carbocycles. The van der Waals surface area contributed by atoms with Crippen molar-refractivity contribution in [3.05, 3.63) is 59.0 Å². The lowest BCUT2D eigenvalue weighted by atomic mass is 10.1. The van der Waals surface area contributed by atoms with Crippen LogP contribution in [0.1, 0.15) is 39.8 Å². The fraction of sp³-hybridized carbons (Fsp3) is 0.261. The fourth-order valence-electron chi connectivity index (χ4n) is 2.88. The van der Waals surface area contributed by atoms with Crippen molar-refractivity contribution in [2.45, 2.75) is 19.8 Å². The van der Waals surface area contributed by atoms with E-state index in [4.69, 9.17) is 14.2 Å². The summed E-state index contributed by atoms with van der Waals surface area (Å²) in [6.07, 6.45) is 0.151. The Morgan fingerprint density at radius 2 is 1.70 bits per heavy atom. The van der Waals surface area contributed by atoms with E-state index in [1.807, 2.05) is 6.07 Å². The van der Waals surface area contributed by atoms with Crippen molar-refractivity contribution in [2.24, 2.45) is 0 Å². The number of thiophene rings is 1. The van der Waals surface area contributed by atoms with Crippen LogP contribution in [-0.2, 0) is 9.53 Å². The molecule has 0 fully saturated rings. The second-order valence-electron chi connectivity index (χ2n) is 6.46. The van der Waals surface area contributed by atoms with Gasteiger partial charge >= 0.3 is 5.97 Å². The van der Waals surface area contributed by atoms with E-state index in [-0.39, 0.29) is 37.0 Å². The second-order valence-corrected chi connectivity index (χ2v) is 7.54. The molecule has 0 aliphatic carbocycles. The highest BCUT2D eigenvalue weighted by atomic mass is 32.1. The number of hydrogen-bond acceptors (Lipinski definition) is 7. The molecule has 1 heterocycles. The minimum absolute atomic E-state index is 0.0558. The lowest BCUT2D eigenvalue weighted by molar-refractivity contribution is -0.143. The van der Waals surface area contributed by atoms with E-state index in [0.717, 1.165) is 10.1 Å². The number of carbonyl (C=O) groups is 3. The van der Waals surface area contributed by atoms with Gasteiger partial charge in [0.2, 0.25) is 0 Å². The van der Waals surface area contributed by atoms with Crippen molar-refractivity contribution in [1.29, 1.82) is 0 Å². The van der Waals surface area contributed by atoms with Gasteiger partial charge in [-0.2, -0.15) is 0 Å². The minimum atomic E-state index is -0.382. The van der Waals surface area contributed by atoms with Gasteiger partial charge < -0.3 is 14.2 Å². The monoisotopic (exact) mass is 426 g/mol. The standard InChI is InChI=1S/C23H22O6S/c1-3-28-23(26)10-9-17(24)22-12-16-11-20(19(27-2)13-21(16)30-22)29-14-18(25)15-7-5-4-6-8-15/h4-8,11-13H,3,9-10,14H2,1-2H3. The maximum atomic E-state index is 12.4. The fourth-order valence-corrected chi connectivity index (χ4v) is 3.92. The van der Waals surface area contributed by atoms with Crippen molar-refractivity contribution in [3.63, 3.8) is 0 Å². The van der Waals surface area contributed by atoms with E-state index in [1.54, 1.807) is 49.4 Å². The van der Waals surface area contributed by atoms with E-state index in [2.05, 4.69) is 0 Å². The number of carbonyl (C=O) groups excluding carboxylic acids is 3. The number of Topliss-reactive ketones (excluding diaryl/α,β-unsaturated/α-hetero) is 2. The quantitative estimate of drug-likeness (QED) is 0.345. The highest BCUT2D eigenvalue weighted by molar-refractivity contribution is 7.20. The summed E-state index contributed by atoms with van der Waals surface area (Å²) in [4.78, 5) is 36.8. The number of hydrogen-bond donors (Lipinski definition) is 0. The molecule has 0 saturated heterocycles. The number of fused-ring (bicyclic) bond motifs is 1. The second kappa shape index (κ2) is 10.0. The average Bonchev–Trinajstić information content (AvgIpc) is 3.18. The number of ketones is 2. The van der Waals surface area contributed by atoms with Crippen LogP contribution in [0.5, 0.6) is 11.5 Å². The number of methoxy groups -OCH3 is 1. The topological polar surface area (TPSA) is 78.9 Å². The summed E-state index contributed by atoms with van der Waals surface area (Å²) >= 11 is 1.33. The first-order chi connectivity index (χ1) is 14.5. The largest absolute Gasteiger partial charge is 0.493 e. The predicted octanol–water partition coefficient (Wildman–Crippen LogP) is 4.70. The molecule has 0 spiro atoms. The van der Waals surface area contributed by atoms with Gasteiger partial charge in [-0.05, 0) is 24.4 Å². The highest BCUT2D eigenvalue weighted by Crippen LogP contribution is 2.37. The molecule has 6 nitrogen and oxygen atoms in total. The zero-order valence-electron chi connectivity index (χ0n) is 16.8. The Morgan fingerprint density at radius 3 is 2.40 bits per heavy atom. The lowest BCUT2D eigenvalue weighted by Gasteiger charge is -2.10. The zero-order chi connectivity index (χ0) is 21.5. The van der Waals surface area contributed by atoms with Crippen molar-refractivity contribution in [2.75, 3.05) is 20.3 Å². The van der Waals surface area contributed by atoms with Gasteiger partial charge in [0, 0.05) is 22.8 Å². The maximum Gasteiger partial charge on any atom is 0.306 e. The molecule has 0 atom stereocenters. The predicted molar refractivity (Wildman–Crippen MR) is 115 cm³/mol. The lowest BCUT2D eigenvalue weighted by Crippen LogP contribution is -2.11. The molecule has 0 N–H and O–H groups in total. The molecule has 0 saturated carbocycles. The SMILES string of the molecule is CCOC(=O)CCC(=O)c1cc2cc(OCC(=O)c3ccccc3)c(OC)cc2s1. The summed E-state index contributed by atoms with van der Waals surface area (Å²) in [5.74, 6) is 0.267. The summed E-state index contributed by atoms with van der Waals surface area (Å²) in [5, 5.41) is 0.808. The van der Waals surface area contributed by atoms with E-state index in [0.29, 0.717) is 28.5 Å². The maximum absolute atomic E-state index is 12.4. The molecule has 0 aliphatic heterocycles. The molecule has 3 aromatic rings. The average molecular weight is 426 g/mol. The molecule has 1 aromatic heterocycles. The normalized spacial score (nSPS) is 10.6. The molecular formula is C23H22O6S. The summed E-state index contributed by atoms with van der Waals surface area (Å²) < 4.78 is 16.8. The van der Waals surface area contributed by atoms with Gasteiger partial charge in [-0.1, -0.05) is 30.3 Å².